The zero-order valence-corrected chi connectivity index (χ0v) is 9.57. The van der Waals surface area contributed by atoms with E-state index in [0.29, 0.717) is 11.8 Å². The Morgan fingerprint density at radius 2 is 1.71 bits per heavy atom. The summed E-state index contributed by atoms with van der Waals surface area (Å²) in [5.41, 5.74) is -0.243. The summed E-state index contributed by atoms with van der Waals surface area (Å²) in [4.78, 5) is 11.5. The van der Waals surface area contributed by atoms with Gasteiger partial charge in [0.1, 0.15) is 0 Å². The van der Waals surface area contributed by atoms with E-state index in [1.165, 1.54) is 6.42 Å². The summed E-state index contributed by atoms with van der Waals surface area (Å²) < 4.78 is 0. The van der Waals surface area contributed by atoms with Crippen molar-refractivity contribution in [3.05, 3.63) is 0 Å². The highest BCUT2D eigenvalue weighted by atomic mass is 35.5. The van der Waals surface area contributed by atoms with Crippen molar-refractivity contribution < 1.29 is 4.79 Å². The summed E-state index contributed by atoms with van der Waals surface area (Å²) in [5.74, 6) is 1.33. The van der Waals surface area contributed by atoms with Gasteiger partial charge in [-0.2, -0.15) is 0 Å². The van der Waals surface area contributed by atoms with Crippen LogP contribution in [0.2, 0.25) is 0 Å². The summed E-state index contributed by atoms with van der Waals surface area (Å²) >= 11 is 12.3. The predicted octanol–water partition coefficient (Wildman–Crippen LogP) is 3.33. The van der Waals surface area contributed by atoms with Gasteiger partial charge in [0.05, 0.1) is 0 Å². The fourth-order valence-corrected chi connectivity index (χ4v) is 5.29. The van der Waals surface area contributed by atoms with Gasteiger partial charge >= 0.3 is 0 Å². The summed E-state index contributed by atoms with van der Waals surface area (Å²) in [7, 11) is 0. The number of carbonyl (C=O) groups excluding carboxylic acids is 1. The Labute approximate surface area is 94.1 Å². The predicted molar refractivity (Wildman–Crippen MR) is 56.6 cm³/mol. The molecule has 0 radical (unpaired) electrons. The monoisotopic (exact) mass is 232 g/mol. The number of hydrogen-bond acceptors (Lipinski definition) is 1. The molecule has 4 fully saturated rings. The van der Waals surface area contributed by atoms with Gasteiger partial charge in [-0.1, -0.05) is 0 Å². The van der Waals surface area contributed by atoms with E-state index in [4.69, 9.17) is 23.2 Å². The first-order valence-electron chi connectivity index (χ1n) is 5.40. The second-order valence-electron chi connectivity index (χ2n) is 5.67. The first-order chi connectivity index (χ1) is 6.51. The Morgan fingerprint density at radius 1 is 1.14 bits per heavy atom. The number of rotatable bonds is 1. The maximum atomic E-state index is 11.5. The van der Waals surface area contributed by atoms with Gasteiger partial charge in [-0.3, -0.25) is 4.79 Å². The minimum Gasteiger partial charge on any atom is -0.281 e. The minimum atomic E-state index is -0.243. The van der Waals surface area contributed by atoms with E-state index in [1.54, 1.807) is 0 Å². The van der Waals surface area contributed by atoms with Gasteiger partial charge < -0.3 is 0 Å². The molecule has 0 spiro atoms. The average molecular weight is 233 g/mol. The van der Waals surface area contributed by atoms with Crippen molar-refractivity contribution in [1.29, 1.82) is 0 Å². The Hall–Kier alpha value is 0.250. The summed E-state index contributed by atoms with van der Waals surface area (Å²) in [6.07, 6.45) is 6.33. The maximum absolute atomic E-state index is 11.5. The highest BCUT2D eigenvalue weighted by Crippen LogP contribution is 2.64. The molecular formula is C11H14Cl2O. The Bertz CT molecular complexity index is 286. The van der Waals surface area contributed by atoms with Crippen molar-refractivity contribution in [3.8, 4) is 0 Å². The fraction of sp³-hybridized carbons (Fsp3) is 0.909. The van der Waals surface area contributed by atoms with E-state index in [-0.39, 0.29) is 15.5 Å². The number of carbonyl (C=O) groups is 1. The van der Waals surface area contributed by atoms with Gasteiger partial charge in [0, 0.05) is 10.3 Å². The van der Waals surface area contributed by atoms with Crippen molar-refractivity contribution in [3.63, 3.8) is 0 Å². The van der Waals surface area contributed by atoms with E-state index in [9.17, 15) is 4.79 Å². The van der Waals surface area contributed by atoms with E-state index in [2.05, 4.69) is 0 Å². The average Bonchev–Trinajstić information content (AvgIpc) is 1.98. The van der Waals surface area contributed by atoms with Crippen LogP contribution in [0.4, 0.5) is 0 Å². The molecule has 4 atom stereocenters. The molecule has 2 unspecified atom stereocenters. The number of hydrogen-bond donors (Lipinski definition) is 0. The van der Waals surface area contributed by atoms with Gasteiger partial charge in [-0.25, -0.2) is 0 Å². The van der Waals surface area contributed by atoms with Crippen LogP contribution in [0.5, 0.6) is 0 Å². The first-order valence-corrected chi connectivity index (χ1v) is 6.16. The summed E-state index contributed by atoms with van der Waals surface area (Å²) in [5, 5.41) is -0.128. The van der Waals surface area contributed by atoms with Crippen LogP contribution in [-0.4, -0.2) is 10.1 Å². The topological polar surface area (TPSA) is 17.1 Å². The normalized spacial score (nSPS) is 55.0. The van der Waals surface area contributed by atoms with Crippen LogP contribution >= 0.6 is 23.2 Å². The molecule has 78 valence electrons. The molecule has 0 aliphatic heterocycles. The Balaban J connectivity index is 2.00. The maximum Gasteiger partial charge on any atom is 0.227 e. The van der Waals surface area contributed by atoms with Gasteiger partial charge in [0.25, 0.3) is 0 Å². The molecule has 0 aromatic heterocycles. The molecular weight excluding hydrogens is 219 g/mol. The zero-order valence-electron chi connectivity index (χ0n) is 8.06. The zero-order chi connectivity index (χ0) is 9.97. The van der Waals surface area contributed by atoms with Gasteiger partial charge in [-0.05, 0) is 62.0 Å². The van der Waals surface area contributed by atoms with Crippen LogP contribution in [0.1, 0.15) is 38.5 Å². The first kappa shape index (κ1) is 9.47. The lowest BCUT2D eigenvalue weighted by atomic mass is 9.49. The molecule has 0 heterocycles. The molecule has 0 saturated heterocycles. The molecule has 0 N–H and O–H groups in total. The van der Waals surface area contributed by atoms with E-state index in [0.717, 1.165) is 32.1 Å². The highest BCUT2D eigenvalue weighted by molar-refractivity contribution is 6.64. The molecule has 0 amide bonds. The molecule has 14 heavy (non-hydrogen) atoms. The van der Waals surface area contributed by atoms with Crippen molar-refractivity contribution in [2.24, 2.45) is 17.3 Å². The van der Waals surface area contributed by atoms with E-state index in [1.807, 2.05) is 0 Å². The Kier molecular flexibility index (Phi) is 1.81. The largest absolute Gasteiger partial charge is 0.281 e. The molecule has 0 aromatic rings. The SMILES string of the molecule is O=C(Cl)C12C[C@@H]3C[C@@H](CC(Cl)(C3)C1)C2. The molecule has 0 aromatic carbocycles. The quantitative estimate of drug-likeness (QED) is 0.501. The molecule has 4 aliphatic rings. The molecule has 3 heteroatoms. The van der Waals surface area contributed by atoms with E-state index >= 15 is 0 Å². The highest BCUT2D eigenvalue weighted by Gasteiger charge is 2.59. The van der Waals surface area contributed by atoms with Crippen LogP contribution in [0.15, 0.2) is 0 Å². The standard InChI is InChI=1S/C11H14Cl2O/c12-9(14)10-2-7-1-8(3-10)5-11(13,4-7)6-10/h7-8H,1-6H2/t7-,8+,10?,11?. The number of alkyl halides is 1. The van der Waals surface area contributed by atoms with Crippen LogP contribution in [0.3, 0.4) is 0 Å². The van der Waals surface area contributed by atoms with Gasteiger partial charge in [0.2, 0.25) is 5.24 Å². The lowest BCUT2D eigenvalue weighted by Crippen LogP contribution is -2.55. The Morgan fingerprint density at radius 3 is 2.14 bits per heavy atom. The second-order valence-corrected chi connectivity index (χ2v) is 6.81. The molecule has 4 bridgehead atoms. The third-order valence-corrected chi connectivity index (χ3v) is 5.25. The van der Waals surface area contributed by atoms with Gasteiger partial charge in [0.15, 0.2) is 0 Å². The molecule has 4 aliphatic carbocycles. The third kappa shape index (κ3) is 1.18. The molecule has 1 nitrogen and oxygen atoms in total. The van der Waals surface area contributed by atoms with Crippen LogP contribution < -0.4 is 0 Å². The minimum absolute atomic E-state index is 0.0887. The second kappa shape index (κ2) is 2.68. The lowest BCUT2D eigenvalue weighted by Gasteiger charge is -2.58. The fourth-order valence-electron chi connectivity index (χ4n) is 4.38. The van der Waals surface area contributed by atoms with E-state index < -0.39 is 0 Å². The summed E-state index contributed by atoms with van der Waals surface area (Å²) in [6.45, 7) is 0. The van der Waals surface area contributed by atoms with Crippen LogP contribution in [0, 0.1) is 17.3 Å². The smallest absolute Gasteiger partial charge is 0.227 e. The lowest BCUT2D eigenvalue weighted by molar-refractivity contribution is -0.133. The third-order valence-electron chi connectivity index (χ3n) is 4.41. The van der Waals surface area contributed by atoms with Crippen molar-refractivity contribution in [2.75, 3.05) is 0 Å². The van der Waals surface area contributed by atoms with Crippen LogP contribution in [-0.2, 0) is 4.79 Å². The number of halogens is 2. The van der Waals surface area contributed by atoms with Gasteiger partial charge in [-0.15, -0.1) is 11.6 Å². The summed E-state index contributed by atoms with van der Waals surface area (Å²) in [6, 6.07) is 0. The van der Waals surface area contributed by atoms with Crippen molar-refractivity contribution in [1.82, 2.24) is 0 Å². The van der Waals surface area contributed by atoms with Crippen LogP contribution in [0.25, 0.3) is 0 Å². The van der Waals surface area contributed by atoms with Crippen molar-refractivity contribution in [2.45, 2.75) is 43.4 Å². The molecule has 4 rings (SSSR count). The molecule has 4 saturated carbocycles. The van der Waals surface area contributed by atoms with Crippen molar-refractivity contribution >= 4 is 28.4 Å².